The van der Waals surface area contributed by atoms with Gasteiger partial charge in [-0.15, -0.1) is 0 Å². The van der Waals surface area contributed by atoms with Crippen LogP contribution in [0.1, 0.15) is 24.5 Å². The fraction of sp³-hybridized carbons (Fsp3) is 0.0444. The second-order valence-corrected chi connectivity index (χ2v) is 12.5. The molecule has 1 atom stereocenters. The average Bonchev–Trinajstić information content (AvgIpc) is 3.90. The van der Waals surface area contributed by atoms with E-state index in [9.17, 15) is 0 Å². The Morgan fingerprint density at radius 1 is 0.700 bits per heavy atom. The molecule has 0 amide bonds. The number of rotatable bonds is 7. The predicted molar refractivity (Wildman–Crippen MR) is 210 cm³/mol. The van der Waals surface area contributed by atoms with E-state index in [0.29, 0.717) is 0 Å². The van der Waals surface area contributed by atoms with Gasteiger partial charge in [-0.1, -0.05) is 122 Å². The molecule has 8 aromatic rings. The standard InChI is InChI=1S/C45H35N5/c1-3-5-18-32(4-2)48-29-27-38-40(48)26-25-37-35-22-14-15-24-41(35)50(43(37)38)45-46-39-28-30-49(33-19-10-7-11-20-33)44(39)42(47-45)36-23-13-12-21-34(36)31-16-8-6-9-17-31/h3-30,45-46H,1H2,2H3/b18-5-,32-4+. The zero-order valence-electron chi connectivity index (χ0n) is 27.7. The van der Waals surface area contributed by atoms with Gasteiger partial charge in [-0.25, -0.2) is 4.99 Å². The normalized spacial score (nSPS) is 14.7. The van der Waals surface area contributed by atoms with Gasteiger partial charge in [0.15, 0.2) is 0 Å². The number of allylic oxidation sites excluding steroid dienone is 5. The van der Waals surface area contributed by atoms with E-state index in [1.807, 2.05) is 12.2 Å². The van der Waals surface area contributed by atoms with Gasteiger partial charge in [-0.3, -0.25) is 0 Å². The van der Waals surface area contributed by atoms with Crippen LogP contribution < -0.4 is 5.32 Å². The Kier molecular flexibility index (Phi) is 7.17. The highest BCUT2D eigenvalue weighted by Crippen LogP contribution is 2.41. The predicted octanol–water partition coefficient (Wildman–Crippen LogP) is 11.2. The van der Waals surface area contributed by atoms with Crippen molar-refractivity contribution >= 4 is 49.8 Å². The second kappa shape index (κ2) is 12.1. The van der Waals surface area contributed by atoms with E-state index in [2.05, 4.69) is 191 Å². The fourth-order valence-corrected chi connectivity index (χ4v) is 7.50. The summed E-state index contributed by atoms with van der Waals surface area (Å²) in [6.07, 6.45) is 11.9. The highest BCUT2D eigenvalue weighted by Gasteiger charge is 2.30. The third-order valence-electron chi connectivity index (χ3n) is 9.71. The highest BCUT2D eigenvalue weighted by atomic mass is 15.3. The van der Waals surface area contributed by atoms with Crippen molar-refractivity contribution in [2.45, 2.75) is 13.2 Å². The minimum atomic E-state index is -0.411. The topological polar surface area (TPSA) is 39.2 Å². The van der Waals surface area contributed by atoms with Crippen LogP contribution >= 0.6 is 0 Å². The molecule has 0 radical (unpaired) electrons. The summed E-state index contributed by atoms with van der Waals surface area (Å²) in [6.45, 7) is 5.95. The third-order valence-corrected chi connectivity index (χ3v) is 9.71. The molecule has 0 bridgehead atoms. The van der Waals surface area contributed by atoms with Gasteiger partial charge in [0.1, 0.15) is 0 Å². The number of nitrogens with zero attached hydrogens (tertiary/aromatic N) is 4. The van der Waals surface area contributed by atoms with Gasteiger partial charge >= 0.3 is 0 Å². The van der Waals surface area contributed by atoms with Crippen molar-refractivity contribution < 1.29 is 0 Å². The van der Waals surface area contributed by atoms with Crippen molar-refractivity contribution in [3.63, 3.8) is 0 Å². The minimum Gasteiger partial charge on any atom is -0.345 e. The number of hydrogen-bond acceptors (Lipinski definition) is 2. The molecule has 5 nitrogen and oxygen atoms in total. The van der Waals surface area contributed by atoms with Crippen LogP contribution in [0.15, 0.2) is 182 Å². The summed E-state index contributed by atoms with van der Waals surface area (Å²) in [7, 11) is 0. The molecule has 1 aliphatic heterocycles. The Labute approximate surface area is 291 Å². The SMILES string of the molecule is C=C/C=C\C(=C/C)n1ccc2c1ccc1c3ccccc3n(C3N=C(c4ccccc4-c4ccccc4)c4c(ccn4-c4ccccc4)N3)c12. The maximum atomic E-state index is 5.69. The molecule has 0 saturated carbocycles. The summed E-state index contributed by atoms with van der Waals surface area (Å²) in [5.41, 5.74) is 12.0. The van der Waals surface area contributed by atoms with E-state index in [4.69, 9.17) is 4.99 Å². The Morgan fingerprint density at radius 2 is 1.44 bits per heavy atom. The van der Waals surface area contributed by atoms with E-state index in [1.54, 1.807) is 0 Å². The highest BCUT2D eigenvalue weighted by molar-refractivity contribution is 6.20. The lowest BCUT2D eigenvalue weighted by atomic mass is 9.94. The van der Waals surface area contributed by atoms with E-state index in [1.165, 1.54) is 16.2 Å². The zero-order valence-corrected chi connectivity index (χ0v) is 27.7. The number of fused-ring (bicyclic) bond motifs is 6. The van der Waals surface area contributed by atoms with Crippen LogP contribution in [0, 0.1) is 0 Å². The molecule has 4 heterocycles. The van der Waals surface area contributed by atoms with Gasteiger partial charge in [0.25, 0.3) is 0 Å². The first-order valence-corrected chi connectivity index (χ1v) is 17.0. The monoisotopic (exact) mass is 645 g/mol. The minimum absolute atomic E-state index is 0.411. The molecule has 0 saturated heterocycles. The van der Waals surface area contributed by atoms with E-state index < -0.39 is 6.29 Å². The summed E-state index contributed by atoms with van der Waals surface area (Å²) in [5.74, 6) is 0. The van der Waals surface area contributed by atoms with Gasteiger partial charge < -0.3 is 19.0 Å². The first-order valence-electron chi connectivity index (χ1n) is 17.0. The second-order valence-electron chi connectivity index (χ2n) is 12.5. The Balaban J connectivity index is 1.33. The summed E-state index contributed by atoms with van der Waals surface area (Å²) >= 11 is 0. The molecule has 3 aromatic heterocycles. The van der Waals surface area contributed by atoms with Crippen LogP contribution in [0.25, 0.3) is 55.2 Å². The number of aromatic nitrogens is 3. The molecular formula is C45H35N5. The quantitative estimate of drug-likeness (QED) is 0.172. The van der Waals surface area contributed by atoms with Crippen molar-refractivity contribution in [1.29, 1.82) is 0 Å². The number of benzene rings is 5. The van der Waals surface area contributed by atoms with Crippen LogP contribution in [0.3, 0.4) is 0 Å². The van der Waals surface area contributed by atoms with Gasteiger partial charge in [0, 0.05) is 45.5 Å². The molecule has 0 fully saturated rings. The molecule has 5 aromatic carbocycles. The molecule has 0 aliphatic carbocycles. The maximum Gasteiger partial charge on any atom is 0.201 e. The largest absolute Gasteiger partial charge is 0.345 e. The van der Waals surface area contributed by atoms with Gasteiger partial charge in [0.05, 0.1) is 33.6 Å². The molecule has 1 aliphatic rings. The molecule has 1 N–H and O–H groups in total. The molecule has 5 heteroatoms. The van der Waals surface area contributed by atoms with Crippen molar-refractivity contribution in [3.8, 4) is 16.8 Å². The lowest BCUT2D eigenvalue weighted by Crippen LogP contribution is -2.26. The third kappa shape index (κ3) is 4.66. The van der Waals surface area contributed by atoms with Crippen molar-refractivity contribution in [2.24, 2.45) is 4.99 Å². The molecule has 240 valence electrons. The summed E-state index contributed by atoms with van der Waals surface area (Å²) in [4.78, 5) is 5.69. The number of anilines is 1. The van der Waals surface area contributed by atoms with Gasteiger partial charge in [-0.05, 0) is 60.5 Å². The summed E-state index contributed by atoms with van der Waals surface area (Å²) < 4.78 is 6.88. The van der Waals surface area contributed by atoms with Crippen molar-refractivity contribution in [2.75, 3.05) is 5.32 Å². The molecule has 9 rings (SSSR count). The Bertz CT molecular complexity index is 2640. The summed E-state index contributed by atoms with van der Waals surface area (Å²) in [6, 6.07) is 47.3. The number of hydrogen-bond donors (Lipinski definition) is 1. The Morgan fingerprint density at radius 3 is 2.24 bits per heavy atom. The van der Waals surface area contributed by atoms with E-state index in [0.717, 1.165) is 61.7 Å². The van der Waals surface area contributed by atoms with Crippen LogP contribution in [0.4, 0.5) is 5.69 Å². The molecule has 1 unspecified atom stereocenters. The smallest absolute Gasteiger partial charge is 0.201 e. The fourth-order valence-electron chi connectivity index (χ4n) is 7.50. The van der Waals surface area contributed by atoms with E-state index >= 15 is 0 Å². The average molecular weight is 646 g/mol. The first-order chi connectivity index (χ1) is 24.7. The number of nitrogens with one attached hydrogen (secondary N) is 1. The van der Waals surface area contributed by atoms with Gasteiger partial charge in [0.2, 0.25) is 6.29 Å². The van der Waals surface area contributed by atoms with E-state index in [-0.39, 0.29) is 0 Å². The lowest BCUT2D eigenvalue weighted by Gasteiger charge is -2.28. The van der Waals surface area contributed by atoms with Crippen LogP contribution in [-0.2, 0) is 0 Å². The van der Waals surface area contributed by atoms with Crippen molar-refractivity contribution in [1.82, 2.24) is 13.7 Å². The van der Waals surface area contributed by atoms with Crippen LogP contribution in [-0.4, -0.2) is 19.4 Å². The molecule has 0 spiro atoms. The first kappa shape index (κ1) is 29.5. The lowest BCUT2D eigenvalue weighted by molar-refractivity contribution is 0.624. The zero-order chi connectivity index (χ0) is 33.6. The Hall–Kier alpha value is -6.59. The van der Waals surface area contributed by atoms with Crippen LogP contribution in [0.2, 0.25) is 0 Å². The summed E-state index contributed by atoms with van der Waals surface area (Å²) in [5, 5.41) is 7.45. The maximum absolute atomic E-state index is 5.69. The van der Waals surface area contributed by atoms with Gasteiger partial charge in [-0.2, -0.15) is 0 Å². The van der Waals surface area contributed by atoms with Crippen LogP contribution in [0.5, 0.6) is 0 Å². The number of para-hydroxylation sites is 2. The number of aliphatic imine (C=N–C) groups is 1. The van der Waals surface area contributed by atoms with Crippen molar-refractivity contribution in [3.05, 3.63) is 188 Å². The molecule has 50 heavy (non-hydrogen) atoms. The molecular weight excluding hydrogens is 611 g/mol.